The largest absolute Gasteiger partial charge is 0.264 e. The topological polar surface area (TPSA) is 51.6 Å². The Hall–Kier alpha value is -5.74. The van der Waals surface area contributed by atoms with Gasteiger partial charge in [0.25, 0.3) is 0 Å². The molecule has 5 aromatic carbocycles. The average Bonchev–Trinajstić information content (AvgIpc) is 3.35. The highest BCUT2D eigenvalue weighted by Crippen LogP contribution is 2.51. The molecule has 0 saturated carbocycles. The van der Waals surface area contributed by atoms with Gasteiger partial charge in [-0.3, -0.25) is 4.98 Å². The first-order valence-corrected chi connectivity index (χ1v) is 15.2. The van der Waals surface area contributed by atoms with Crippen LogP contribution >= 0.6 is 0 Å². The van der Waals surface area contributed by atoms with Crippen LogP contribution in [0.2, 0.25) is 0 Å². The molecule has 0 spiro atoms. The first-order valence-electron chi connectivity index (χ1n) is 15.2. The van der Waals surface area contributed by atoms with E-state index in [1.54, 1.807) is 12.4 Å². The van der Waals surface area contributed by atoms with Crippen LogP contribution in [0.3, 0.4) is 0 Å². The maximum absolute atomic E-state index is 4.97. The molecule has 0 N–H and O–H groups in total. The first-order chi connectivity index (χ1) is 22.1. The summed E-state index contributed by atoms with van der Waals surface area (Å²) in [6.07, 6.45) is 3.55. The number of pyridine rings is 1. The molecular formula is C41H30N4. The summed E-state index contributed by atoms with van der Waals surface area (Å²) >= 11 is 0. The molecule has 214 valence electrons. The summed E-state index contributed by atoms with van der Waals surface area (Å²) in [6, 6.07) is 46.7. The lowest BCUT2D eigenvalue weighted by molar-refractivity contribution is 0.660. The van der Waals surface area contributed by atoms with Gasteiger partial charge >= 0.3 is 0 Å². The van der Waals surface area contributed by atoms with Crippen molar-refractivity contribution in [3.8, 4) is 67.5 Å². The summed E-state index contributed by atoms with van der Waals surface area (Å²) in [4.78, 5) is 19.1. The van der Waals surface area contributed by atoms with Gasteiger partial charge in [0.1, 0.15) is 0 Å². The molecule has 4 nitrogen and oxygen atoms in total. The van der Waals surface area contributed by atoms with Crippen molar-refractivity contribution < 1.29 is 0 Å². The molecule has 8 rings (SSSR count). The van der Waals surface area contributed by atoms with Crippen LogP contribution in [0.1, 0.15) is 25.0 Å². The third kappa shape index (κ3) is 4.72. The van der Waals surface area contributed by atoms with Crippen molar-refractivity contribution in [1.29, 1.82) is 0 Å². The fraction of sp³-hybridized carbons (Fsp3) is 0.0732. The lowest BCUT2D eigenvalue weighted by Crippen LogP contribution is -2.14. The van der Waals surface area contributed by atoms with Crippen molar-refractivity contribution in [3.05, 3.63) is 157 Å². The molecule has 2 heterocycles. The fourth-order valence-corrected chi connectivity index (χ4v) is 6.49. The zero-order valence-corrected chi connectivity index (χ0v) is 25.1. The zero-order valence-electron chi connectivity index (χ0n) is 25.1. The van der Waals surface area contributed by atoms with Crippen LogP contribution in [0, 0.1) is 0 Å². The number of fused-ring (bicyclic) bond motifs is 3. The van der Waals surface area contributed by atoms with Crippen molar-refractivity contribution >= 4 is 0 Å². The number of benzene rings is 5. The van der Waals surface area contributed by atoms with E-state index >= 15 is 0 Å². The summed E-state index contributed by atoms with van der Waals surface area (Å²) in [5.41, 5.74) is 12.8. The predicted molar refractivity (Wildman–Crippen MR) is 182 cm³/mol. The number of rotatable bonds is 5. The van der Waals surface area contributed by atoms with Gasteiger partial charge in [-0.2, -0.15) is 0 Å². The van der Waals surface area contributed by atoms with E-state index in [4.69, 9.17) is 15.0 Å². The summed E-state index contributed by atoms with van der Waals surface area (Å²) in [7, 11) is 0. The second kappa shape index (κ2) is 10.8. The second-order valence-electron chi connectivity index (χ2n) is 12.0. The van der Waals surface area contributed by atoms with Gasteiger partial charge in [-0.05, 0) is 56.6 Å². The lowest BCUT2D eigenvalue weighted by atomic mass is 9.82. The Bertz CT molecular complexity index is 2150. The van der Waals surface area contributed by atoms with E-state index in [1.165, 1.54) is 38.9 Å². The van der Waals surface area contributed by atoms with Crippen molar-refractivity contribution in [3.63, 3.8) is 0 Å². The highest BCUT2D eigenvalue weighted by Gasteiger charge is 2.36. The first kappa shape index (κ1) is 26.9. The van der Waals surface area contributed by atoms with E-state index in [0.29, 0.717) is 17.5 Å². The van der Waals surface area contributed by atoms with Crippen molar-refractivity contribution in [2.45, 2.75) is 19.3 Å². The van der Waals surface area contributed by atoms with Gasteiger partial charge in [-0.15, -0.1) is 0 Å². The minimum absolute atomic E-state index is 0.0366. The number of aromatic nitrogens is 4. The quantitative estimate of drug-likeness (QED) is 0.204. The Kier molecular flexibility index (Phi) is 6.42. The molecule has 0 amide bonds. The molecular weight excluding hydrogens is 548 g/mol. The molecule has 0 fully saturated rings. The second-order valence-corrected chi connectivity index (χ2v) is 12.0. The average molecular weight is 579 g/mol. The lowest BCUT2D eigenvalue weighted by Gasteiger charge is -2.21. The van der Waals surface area contributed by atoms with E-state index in [0.717, 1.165) is 22.3 Å². The third-order valence-electron chi connectivity index (χ3n) is 8.87. The van der Waals surface area contributed by atoms with Gasteiger partial charge in [0.2, 0.25) is 0 Å². The van der Waals surface area contributed by atoms with Crippen molar-refractivity contribution in [2.24, 2.45) is 0 Å². The number of hydrogen-bond donors (Lipinski definition) is 0. The van der Waals surface area contributed by atoms with Gasteiger partial charge in [-0.25, -0.2) is 15.0 Å². The minimum atomic E-state index is -0.0366. The summed E-state index contributed by atoms with van der Waals surface area (Å²) in [5.74, 6) is 1.85. The Morgan fingerprint density at radius 1 is 0.400 bits per heavy atom. The normalized spacial score (nSPS) is 12.8. The smallest absolute Gasteiger partial charge is 0.165 e. The summed E-state index contributed by atoms with van der Waals surface area (Å²) in [5, 5.41) is 0. The van der Waals surface area contributed by atoms with Gasteiger partial charge in [-0.1, -0.05) is 135 Å². The van der Waals surface area contributed by atoms with E-state index in [2.05, 4.69) is 134 Å². The van der Waals surface area contributed by atoms with Crippen molar-refractivity contribution in [1.82, 2.24) is 19.9 Å². The fourth-order valence-electron chi connectivity index (χ4n) is 6.49. The van der Waals surface area contributed by atoms with Crippen LogP contribution in [0.5, 0.6) is 0 Å². The van der Waals surface area contributed by atoms with Crippen LogP contribution in [0.15, 0.2) is 146 Å². The maximum Gasteiger partial charge on any atom is 0.165 e. The SMILES string of the molecule is CC1(C)c2ccccc2-c2c(-c3ccc(-c4nc(-c5ccc(-c6ccccc6)cc5)nc(-c5cccnc5)n4)cc3)cccc21. The minimum Gasteiger partial charge on any atom is -0.264 e. The Morgan fingerprint density at radius 3 is 1.58 bits per heavy atom. The standard InChI is InChI=1S/C41H30N4/c1-41(2)35-15-7-6-13-34(35)37-33(14-8-16-36(37)41)29-19-23-31(24-20-29)39-43-38(44-40(45-39)32-12-9-25-42-26-32)30-21-17-28(18-22-30)27-10-4-3-5-11-27/h3-26H,1-2H3. The van der Waals surface area contributed by atoms with Gasteiger partial charge in [0.15, 0.2) is 17.5 Å². The Balaban J connectivity index is 1.20. The summed E-state index contributed by atoms with van der Waals surface area (Å²) < 4.78 is 0. The van der Waals surface area contributed by atoms with Crippen LogP contribution in [-0.4, -0.2) is 19.9 Å². The van der Waals surface area contributed by atoms with E-state index in [1.807, 2.05) is 18.2 Å². The highest BCUT2D eigenvalue weighted by molar-refractivity contribution is 5.92. The van der Waals surface area contributed by atoms with E-state index in [9.17, 15) is 0 Å². The van der Waals surface area contributed by atoms with Crippen molar-refractivity contribution in [2.75, 3.05) is 0 Å². The van der Waals surface area contributed by atoms with Gasteiger partial charge in [0.05, 0.1) is 0 Å². The third-order valence-corrected chi connectivity index (χ3v) is 8.87. The molecule has 1 aliphatic carbocycles. The molecule has 7 aromatic rings. The molecule has 0 bridgehead atoms. The van der Waals surface area contributed by atoms with Crippen LogP contribution < -0.4 is 0 Å². The van der Waals surface area contributed by atoms with Crippen LogP contribution in [-0.2, 0) is 5.41 Å². The Labute approximate surface area is 263 Å². The molecule has 1 aliphatic rings. The van der Waals surface area contributed by atoms with Gasteiger partial charge in [0, 0.05) is 34.5 Å². The molecule has 4 heteroatoms. The zero-order chi connectivity index (χ0) is 30.4. The monoisotopic (exact) mass is 578 g/mol. The molecule has 2 aromatic heterocycles. The molecule has 0 unspecified atom stereocenters. The molecule has 0 saturated heterocycles. The number of nitrogens with zero attached hydrogens (tertiary/aromatic N) is 4. The van der Waals surface area contributed by atoms with Crippen LogP contribution in [0.25, 0.3) is 67.5 Å². The molecule has 0 aliphatic heterocycles. The predicted octanol–water partition coefficient (Wildman–Crippen LogP) is 9.91. The molecule has 0 atom stereocenters. The van der Waals surface area contributed by atoms with E-state index in [-0.39, 0.29) is 5.41 Å². The van der Waals surface area contributed by atoms with Gasteiger partial charge < -0.3 is 0 Å². The molecule has 0 radical (unpaired) electrons. The summed E-state index contributed by atoms with van der Waals surface area (Å²) in [6.45, 7) is 4.63. The maximum atomic E-state index is 4.97. The van der Waals surface area contributed by atoms with E-state index < -0.39 is 0 Å². The highest BCUT2D eigenvalue weighted by atomic mass is 15.0. The van der Waals surface area contributed by atoms with Crippen LogP contribution in [0.4, 0.5) is 0 Å². The molecule has 45 heavy (non-hydrogen) atoms. The number of hydrogen-bond acceptors (Lipinski definition) is 4. The Morgan fingerprint density at radius 2 is 0.911 bits per heavy atom.